The molecule has 104 valence electrons. The van der Waals surface area contributed by atoms with E-state index in [0.29, 0.717) is 18.0 Å². The highest BCUT2D eigenvalue weighted by atomic mass is 15.4. The predicted molar refractivity (Wildman–Crippen MR) is 76.0 cm³/mol. The molecule has 2 fully saturated rings. The second-order valence-electron chi connectivity index (χ2n) is 5.63. The zero-order chi connectivity index (χ0) is 13.4. The van der Waals surface area contributed by atoms with Crippen molar-refractivity contribution >= 4 is 11.8 Å². The highest BCUT2D eigenvalue weighted by molar-refractivity contribution is 5.46. The van der Waals surface area contributed by atoms with Crippen molar-refractivity contribution in [2.24, 2.45) is 5.84 Å². The quantitative estimate of drug-likeness (QED) is 0.605. The first kappa shape index (κ1) is 12.6. The monoisotopic (exact) mass is 262 g/mol. The van der Waals surface area contributed by atoms with Crippen LogP contribution in [-0.4, -0.2) is 46.6 Å². The van der Waals surface area contributed by atoms with Crippen LogP contribution in [0.3, 0.4) is 0 Å². The minimum atomic E-state index is 0.481. The largest absolute Gasteiger partial charge is 0.351 e. The van der Waals surface area contributed by atoms with Crippen LogP contribution in [-0.2, 0) is 0 Å². The summed E-state index contributed by atoms with van der Waals surface area (Å²) in [4.78, 5) is 13.8. The van der Waals surface area contributed by atoms with Crippen LogP contribution in [0.5, 0.6) is 0 Å². The fourth-order valence-electron chi connectivity index (χ4n) is 3.27. The normalized spacial score (nSPS) is 27.4. The molecule has 3 N–H and O–H groups in total. The summed E-state index contributed by atoms with van der Waals surface area (Å²) in [7, 11) is 0. The number of anilines is 2. The average Bonchev–Trinajstić information content (AvgIpc) is 2.84. The maximum absolute atomic E-state index is 5.44. The van der Waals surface area contributed by atoms with Gasteiger partial charge in [-0.3, -0.25) is 10.3 Å². The van der Waals surface area contributed by atoms with Crippen LogP contribution in [0, 0.1) is 6.92 Å². The molecule has 0 bridgehead atoms. The molecular formula is C13H22N6. The van der Waals surface area contributed by atoms with Crippen molar-refractivity contribution in [2.75, 3.05) is 30.0 Å². The van der Waals surface area contributed by atoms with E-state index in [1.165, 1.54) is 19.4 Å². The van der Waals surface area contributed by atoms with Gasteiger partial charge in [0.25, 0.3) is 0 Å². The van der Waals surface area contributed by atoms with Crippen molar-refractivity contribution in [2.45, 2.75) is 38.8 Å². The van der Waals surface area contributed by atoms with E-state index in [2.05, 4.69) is 32.1 Å². The number of nitrogens with zero attached hydrogens (tertiary/aromatic N) is 4. The maximum Gasteiger partial charge on any atom is 0.239 e. The minimum Gasteiger partial charge on any atom is -0.351 e. The zero-order valence-corrected chi connectivity index (χ0v) is 11.6. The van der Waals surface area contributed by atoms with E-state index in [0.717, 1.165) is 24.6 Å². The molecule has 2 aliphatic rings. The second kappa shape index (κ2) is 4.94. The standard InChI is InChI=1S/C13H22N6/c1-9-6-12(16-13(15-9)17-14)19-8-11-4-3-5-18(11)7-10(19)2/h6,10-11H,3-5,7-8,14H2,1-2H3,(H,15,16,17). The van der Waals surface area contributed by atoms with Crippen molar-refractivity contribution in [3.05, 3.63) is 11.8 Å². The van der Waals surface area contributed by atoms with E-state index in [4.69, 9.17) is 5.84 Å². The summed E-state index contributed by atoms with van der Waals surface area (Å²) < 4.78 is 0. The molecule has 2 unspecified atom stereocenters. The topological polar surface area (TPSA) is 70.3 Å². The number of hydrazine groups is 1. The Morgan fingerprint density at radius 3 is 3.00 bits per heavy atom. The summed E-state index contributed by atoms with van der Waals surface area (Å²) >= 11 is 0. The molecule has 6 nitrogen and oxygen atoms in total. The lowest BCUT2D eigenvalue weighted by molar-refractivity contribution is 0.202. The third-order valence-electron chi connectivity index (χ3n) is 4.20. The van der Waals surface area contributed by atoms with Gasteiger partial charge in [0.15, 0.2) is 0 Å². The molecular weight excluding hydrogens is 240 g/mol. The molecule has 2 saturated heterocycles. The molecule has 3 heterocycles. The molecule has 1 aromatic heterocycles. The Morgan fingerprint density at radius 2 is 2.21 bits per heavy atom. The first-order valence-corrected chi connectivity index (χ1v) is 7.00. The molecule has 0 aliphatic carbocycles. The molecule has 1 aromatic rings. The Balaban J connectivity index is 1.86. The van der Waals surface area contributed by atoms with Crippen LogP contribution in [0.15, 0.2) is 6.07 Å². The lowest BCUT2D eigenvalue weighted by Gasteiger charge is -2.43. The molecule has 19 heavy (non-hydrogen) atoms. The Morgan fingerprint density at radius 1 is 1.37 bits per heavy atom. The van der Waals surface area contributed by atoms with Gasteiger partial charge in [-0.1, -0.05) is 0 Å². The summed E-state index contributed by atoms with van der Waals surface area (Å²) in [6, 6.07) is 3.21. The molecule has 0 saturated carbocycles. The number of hydrogen-bond donors (Lipinski definition) is 2. The number of hydrogen-bond acceptors (Lipinski definition) is 6. The smallest absolute Gasteiger partial charge is 0.239 e. The van der Waals surface area contributed by atoms with Crippen LogP contribution in [0.1, 0.15) is 25.5 Å². The van der Waals surface area contributed by atoms with E-state index in [1.54, 1.807) is 0 Å². The molecule has 0 radical (unpaired) electrons. The summed E-state index contributed by atoms with van der Waals surface area (Å²) in [6.07, 6.45) is 2.62. The van der Waals surface area contributed by atoms with Crippen molar-refractivity contribution in [3.63, 3.8) is 0 Å². The van der Waals surface area contributed by atoms with Gasteiger partial charge in [0, 0.05) is 36.9 Å². The van der Waals surface area contributed by atoms with Crippen LogP contribution in [0.4, 0.5) is 11.8 Å². The Kier molecular flexibility index (Phi) is 3.28. The molecule has 2 aliphatic heterocycles. The van der Waals surface area contributed by atoms with Gasteiger partial charge in [0.05, 0.1) is 0 Å². The van der Waals surface area contributed by atoms with E-state index in [9.17, 15) is 0 Å². The third kappa shape index (κ3) is 2.37. The van der Waals surface area contributed by atoms with E-state index >= 15 is 0 Å². The highest BCUT2D eigenvalue weighted by Gasteiger charge is 2.35. The molecule has 6 heteroatoms. The predicted octanol–water partition coefficient (Wildman–Crippen LogP) is 0.744. The third-order valence-corrected chi connectivity index (χ3v) is 4.20. The maximum atomic E-state index is 5.44. The molecule has 3 rings (SSSR count). The minimum absolute atomic E-state index is 0.481. The Bertz CT molecular complexity index is 462. The van der Waals surface area contributed by atoms with Crippen LogP contribution in [0.2, 0.25) is 0 Å². The lowest BCUT2D eigenvalue weighted by atomic mass is 10.1. The van der Waals surface area contributed by atoms with Gasteiger partial charge < -0.3 is 4.90 Å². The van der Waals surface area contributed by atoms with Gasteiger partial charge in [-0.05, 0) is 33.2 Å². The van der Waals surface area contributed by atoms with Gasteiger partial charge in [0.1, 0.15) is 5.82 Å². The van der Waals surface area contributed by atoms with Gasteiger partial charge in [-0.15, -0.1) is 0 Å². The first-order chi connectivity index (χ1) is 9.17. The average molecular weight is 262 g/mol. The van der Waals surface area contributed by atoms with E-state index in [1.807, 2.05) is 13.0 Å². The summed E-state index contributed by atoms with van der Waals surface area (Å²) in [5.74, 6) is 6.92. The number of nitrogens with two attached hydrogens (primary N) is 1. The van der Waals surface area contributed by atoms with Crippen LogP contribution >= 0.6 is 0 Å². The summed E-state index contributed by atoms with van der Waals surface area (Å²) in [5.41, 5.74) is 3.49. The van der Waals surface area contributed by atoms with Crippen molar-refractivity contribution in [1.82, 2.24) is 14.9 Å². The van der Waals surface area contributed by atoms with Crippen LogP contribution in [0.25, 0.3) is 0 Å². The fraction of sp³-hybridized carbons (Fsp3) is 0.692. The van der Waals surface area contributed by atoms with Gasteiger partial charge in [-0.2, -0.15) is 4.98 Å². The Labute approximate surface area is 114 Å². The summed E-state index contributed by atoms with van der Waals surface area (Å²) in [5, 5.41) is 0. The number of aromatic nitrogens is 2. The summed E-state index contributed by atoms with van der Waals surface area (Å²) in [6.45, 7) is 7.67. The molecule has 0 amide bonds. The molecule has 0 spiro atoms. The number of nitrogens with one attached hydrogen (secondary N) is 1. The van der Waals surface area contributed by atoms with Crippen molar-refractivity contribution in [1.29, 1.82) is 0 Å². The second-order valence-corrected chi connectivity index (χ2v) is 5.63. The van der Waals surface area contributed by atoms with Crippen molar-refractivity contribution < 1.29 is 0 Å². The molecule has 0 aromatic carbocycles. The number of fused-ring (bicyclic) bond motifs is 1. The highest BCUT2D eigenvalue weighted by Crippen LogP contribution is 2.28. The van der Waals surface area contributed by atoms with Crippen molar-refractivity contribution in [3.8, 4) is 0 Å². The van der Waals surface area contributed by atoms with Gasteiger partial charge >= 0.3 is 0 Å². The van der Waals surface area contributed by atoms with E-state index in [-0.39, 0.29) is 0 Å². The zero-order valence-electron chi connectivity index (χ0n) is 11.6. The first-order valence-electron chi connectivity index (χ1n) is 7.00. The van der Waals surface area contributed by atoms with Gasteiger partial charge in [0.2, 0.25) is 5.95 Å². The number of aryl methyl sites for hydroxylation is 1. The number of piperazine rings is 1. The number of nitrogen functional groups attached to an aromatic ring is 1. The Hall–Kier alpha value is -1.40. The van der Waals surface area contributed by atoms with E-state index < -0.39 is 0 Å². The number of rotatable bonds is 2. The van der Waals surface area contributed by atoms with Gasteiger partial charge in [-0.25, -0.2) is 10.8 Å². The molecule has 2 atom stereocenters. The lowest BCUT2D eigenvalue weighted by Crippen LogP contribution is -2.55. The SMILES string of the molecule is Cc1cc(N2CC3CCCN3CC2C)nc(NN)n1. The fourth-order valence-corrected chi connectivity index (χ4v) is 3.27. The van der Waals surface area contributed by atoms with Crippen LogP contribution < -0.4 is 16.2 Å².